The summed E-state index contributed by atoms with van der Waals surface area (Å²) in [7, 11) is 2.91. The first kappa shape index (κ1) is 16.4. The van der Waals surface area contributed by atoms with Gasteiger partial charge in [-0.2, -0.15) is 0 Å². The summed E-state index contributed by atoms with van der Waals surface area (Å²) >= 11 is 0. The lowest BCUT2D eigenvalue weighted by Crippen LogP contribution is -2.41. The maximum atomic E-state index is 12.2. The molecule has 23 heavy (non-hydrogen) atoms. The van der Waals surface area contributed by atoms with E-state index >= 15 is 0 Å². The SMILES string of the molecule is COc1cccc(C(=O)NNC(=O)c2cc(C)oc2C)c1OC. The number of carbonyl (C=O) groups excluding carboxylic acids is 2. The third kappa shape index (κ3) is 3.45. The Morgan fingerprint density at radius 1 is 1.00 bits per heavy atom. The highest BCUT2D eigenvalue weighted by Gasteiger charge is 2.18. The van der Waals surface area contributed by atoms with E-state index in [0.717, 1.165) is 0 Å². The number of carbonyl (C=O) groups is 2. The van der Waals surface area contributed by atoms with E-state index in [1.54, 1.807) is 38.1 Å². The van der Waals surface area contributed by atoms with E-state index in [1.165, 1.54) is 14.2 Å². The molecule has 0 spiro atoms. The van der Waals surface area contributed by atoms with E-state index < -0.39 is 11.8 Å². The van der Waals surface area contributed by atoms with Crippen molar-refractivity contribution < 1.29 is 23.5 Å². The minimum absolute atomic E-state index is 0.243. The van der Waals surface area contributed by atoms with Crippen LogP contribution in [-0.2, 0) is 0 Å². The molecule has 7 heteroatoms. The van der Waals surface area contributed by atoms with Crippen molar-refractivity contribution in [3.05, 3.63) is 46.9 Å². The fourth-order valence-electron chi connectivity index (χ4n) is 2.17. The molecular formula is C16H18N2O5. The van der Waals surface area contributed by atoms with Gasteiger partial charge in [0.05, 0.1) is 25.3 Å². The molecule has 2 aromatic rings. The molecule has 7 nitrogen and oxygen atoms in total. The fraction of sp³-hybridized carbons (Fsp3) is 0.250. The Hall–Kier alpha value is -2.96. The van der Waals surface area contributed by atoms with Crippen LogP contribution in [0.25, 0.3) is 0 Å². The average molecular weight is 318 g/mol. The monoisotopic (exact) mass is 318 g/mol. The molecular weight excluding hydrogens is 300 g/mol. The molecule has 1 aromatic heterocycles. The molecule has 0 aliphatic carbocycles. The number of hydrazine groups is 1. The molecule has 0 saturated heterocycles. The standard InChI is InChI=1S/C16H18N2O5/c1-9-8-12(10(2)23-9)16(20)18-17-15(19)11-6-5-7-13(21-3)14(11)22-4/h5-8H,1-4H3,(H,17,19)(H,18,20). The summed E-state index contributed by atoms with van der Waals surface area (Å²) in [5, 5.41) is 0. The molecule has 2 amide bonds. The number of nitrogens with one attached hydrogen (secondary N) is 2. The van der Waals surface area contributed by atoms with Gasteiger partial charge in [-0.3, -0.25) is 20.4 Å². The van der Waals surface area contributed by atoms with Crippen LogP contribution in [0.1, 0.15) is 32.2 Å². The first-order valence-corrected chi connectivity index (χ1v) is 6.86. The van der Waals surface area contributed by atoms with E-state index in [1.807, 2.05) is 0 Å². The van der Waals surface area contributed by atoms with Crippen LogP contribution in [-0.4, -0.2) is 26.0 Å². The Labute approximate surface area is 133 Å². The molecule has 0 unspecified atom stereocenters. The summed E-state index contributed by atoms with van der Waals surface area (Å²) in [5.41, 5.74) is 5.29. The Morgan fingerprint density at radius 3 is 2.17 bits per heavy atom. The van der Waals surface area contributed by atoms with Crippen LogP contribution >= 0.6 is 0 Å². The number of furan rings is 1. The molecule has 2 N–H and O–H groups in total. The van der Waals surface area contributed by atoms with E-state index in [4.69, 9.17) is 13.9 Å². The zero-order valence-corrected chi connectivity index (χ0v) is 13.4. The second kappa shape index (κ2) is 6.87. The van der Waals surface area contributed by atoms with Crippen molar-refractivity contribution in [2.75, 3.05) is 14.2 Å². The van der Waals surface area contributed by atoms with Crippen molar-refractivity contribution in [2.45, 2.75) is 13.8 Å². The summed E-state index contributed by atoms with van der Waals surface area (Å²) in [5.74, 6) is 0.827. The van der Waals surface area contributed by atoms with Crippen molar-refractivity contribution in [1.29, 1.82) is 0 Å². The second-order valence-corrected chi connectivity index (χ2v) is 4.78. The largest absolute Gasteiger partial charge is 0.493 e. The minimum atomic E-state index is -0.521. The molecule has 0 atom stereocenters. The minimum Gasteiger partial charge on any atom is -0.493 e. The number of para-hydroxylation sites is 1. The second-order valence-electron chi connectivity index (χ2n) is 4.78. The Morgan fingerprint density at radius 2 is 1.65 bits per heavy atom. The van der Waals surface area contributed by atoms with Crippen molar-refractivity contribution in [2.24, 2.45) is 0 Å². The van der Waals surface area contributed by atoms with Gasteiger partial charge in [-0.05, 0) is 32.0 Å². The average Bonchev–Trinajstić information content (AvgIpc) is 2.89. The van der Waals surface area contributed by atoms with Crippen molar-refractivity contribution in [1.82, 2.24) is 10.9 Å². The Balaban J connectivity index is 2.11. The third-order valence-electron chi connectivity index (χ3n) is 3.22. The van der Waals surface area contributed by atoms with Crippen molar-refractivity contribution in [3.8, 4) is 11.5 Å². The maximum absolute atomic E-state index is 12.2. The summed E-state index contributed by atoms with van der Waals surface area (Å²) in [4.78, 5) is 24.3. The van der Waals surface area contributed by atoms with E-state index in [9.17, 15) is 9.59 Å². The van der Waals surface area contributed by atoms with Gasteiger partial charge in [0.1, 0.15) is 11.5 Å². The molecule has 0 fully saturated rings. The lowest BCUT2D eigenvalue weighted by atomic mass is 10.1. The fourth-order valence-corrected chi connectivity index (χ4v) is 2.17. The van der Waals surface area contributed by atoms with Crippen LogP contribution < -0.4 is 20.3 Å². The molecule has 1 heterocycles. The molecule has 0 saturated carbocycles. The van der Waals surface area contributed by atoms with Gasteiger partial charge < -0.3 is 13.9 Å². The van der Waals surface area contributed by atoms with Gasteiger partial charge in [0.15, 0.2) is 11.5 Å². The number of hydrogen-bond acceptors (Lipinski definition) is 5. The van der Waals surface area contributed by atoms with Crippen molar-refractivity contribution >= 4 is 11.8 Å². The van der Waals surface area contributed by atoms with Crippen LogP contribution in [0.5, 0.6) is 11.5 Å². The highest BCUT2D eigenvalue weighted by Crippen LogP contribution is 2.30. The zero-order chi connectivity index (χ0) is 17.0. The lowest BCUT2D eigenvalue weighted by molar-refractivity contribution is 0.0843. The molecule has 1 aromatic carbocycles. The summed E-state index contributed by atoms with van der Waals surface area (Å²) in [6.07, 6.45) is 0. The Kier molecular flexibility index (Phi) is 4.90. The number of benzene rings is 1. The lowest BCUT2D eigenvalue weighted by Gasteiger charge is -2.12. The van der Waals surface area contributed by atoms with Crippen LogP contribution in [0.3, 0.4) is 0 Å². The molecule has 0 radical (unpaired) electrons. The van der Waals surface area contributed by atoms with Gasteiger partial charge in [0, 0.05) is 0 Å². The first-order valence-electron chi connectivity index (χ1n) is 6.86. The highest BCUT2D eigenvalue weighted by molar-refractivity contribution is 6.01. The van der Waals surface area contributed by atoms with Gasteiger partial charge in [-0.25, -0.2) is 0 Å². The van der Waals surface area contributed by atoms with Crippen LogP contribution in [0.2, 0.25) is 0 Å². The molecule has 122 valence electrons. The van der Waals surface area contributed by atoms with Gasteiger partial charge in [0.2, 0.25) is 0 Å². The normalized spacial score (nSPS) is 10.1. The van der Waals surface area contributed by atoms with E-state index in [0.29, 0.717) is 22.8 Å². The van der Waals surface area contributed by atoms with Gasteiger partial charge in [0.25, 0.3) is 11.8 Å². The number of aryl methyl sites for hydroxylation is 2. The molecule has 0 aliphatic rings. The van der Waals surface area contributed by atoms with Crippen LogP contribution in [0, 0.1) is 13.8 Å². The quantitative estimate of drug-likeness (QED) is 0.842. The zero-order valence-electron chi connectivity index (χ0n) is 13.4. The van der Waals surface area contributed by atoms with Crippen molar-refractivity contribution in [3.63, 3.8) is 0 Å². The molecule has 0 bridgehead atoms. The number of amides is 2. The summed E-state index contributed by atoms with van der Waals surface area (Å²) in [6.45, 7) is 3.41. The predicted molar refractivity (Wildman–Crippen MR) is 82.7 cm³/mol. The highest BCUT2D eigenvalue weighted by atomic mass is 16.5. The van der Waals surface area contributed by atoms with E-state index in [2.05, 4.69) is 10.9 Å². The summed E-state index contributed by atoms with van der Waals surface area (Å²) < 4.78 is 15.6. The summed E-state index contributed by atoms with van der Waals surface area (Å²) in [6, 6.07) is 6.49. The smallest absolute Gasteiger partial charge is 0.273 e. The van der Waals surface area contributed by atoms with Gasteiger partial charge >= 0.3 is 0 Å². The predicted octanol–water partition coefficient (Wildman–Crippen LogP) is 1.99. The van der Waals surface area contributed by atoms with Crippen LogP contribution in [0.4, 0.5) is 0 Å². The van der Waals surface area contributed by atoms with Gasteiger partial charge in [-0.1, -0.05) is 6.07 Å². The number of ether oxygens (including phenoxy) is 2. The molecule has 2 rings (SSSR count). The number of hydrogen-bond donors (Lipinski definition) is 2. The number of rotatable bonds is 4. The first-order chi connectivity index (χ1) is 11.0. The van der Waals surface area contributed by atoms with Gasteiger partial charge in [-0.15, -0.1) is 0 Å². The van der Waals surface area contributed by atoms with Crippen LogP contribution in [0.15, 0.2) is 28.7 Å². The number of methoxy groups -OCH3 is 2. The van der Waals surface area contributed by atoms with E-state index in [-0.39, 0.29) is 11.3 Å². The maximum Gasteiger partial charge on any atom is 0.273 e. The Bertz CT molecular complexity index is 736. The third-order valence-corrected chi connectivity index (χ3v) is 3.22. The topological polar surface area (TPSA) is 89.8 Å². The molecule has 0 aliphatic heterocycles.